The maximum Gasteiger partial charge on any atom is 0.307 e. The van der Waals surface area contributed by atoms with Crippen LogP contribution in [0.25, 0.3) is 0 Å². The lowest BCUT2D eigenvalue weighted by Gasteiger charge is -2.22. The summed E-state index contributed by atoms with van der Waals surface area (Å²) in [7, 11) is -3.74. The quantitative estimate of drug-likeness (QED) is 0.702. The highest BCUT2D eigenvalue weighted by molar-refractivity contribution is 7.89. The Morgan fingerprint density at radius 1 is 1.25 bits per heavy atom. The molecule has 1 fully saturated rings. The van der Waals surface area contributed by atoms with Crippen molar-refractivity contribution in [3.63, 3.8) is 0 Å². The zero-order valence-corrected chi connectivity index (χ0v) is 14.4. The molecule has 1 saturated carbocycles. The summed E-state index contributed by atoms with van der Waals surface area (Å²) in [5.74, 6) is -0.277. The van der Waals surface area contributed by atoms with Crippen LogP contribution in [-0.4, -0.2) is 38.3 Å². The lowest BCUT2D eigenvalue weighted by atomic mass is 10.2. The van der Waals surface area contributed by atoms with Gasteiger partial charge in [-0.3, -0.25) is 9.59 Å². The van der Waals surface area contributed by atoms with Crippen LogP contribution >= 0.6 is 0 Å². The summed E-state index contributed by atoms with van der Waals surface area (Å²) in [5, 5.41) is 5.07. The van der Waals surface area contributed by atoms with Gasteiger partial charge < -0.3 is 9.64 Å². The predicted octanol–water partition coefficient (Wildman–Crippen LogP) is 1.03. The standard InChI is InChI=1S/C16H22N2O5S/c1-2-23-15(19)9-10-18(16(20)13-5-6-13)11-12-3-7-14(8-4-12)24(17,21)22/h3-4,7-8,13H,2,5-6,9-11H2,1H3,(H2,17,21,22). The molecule has 8 heteroatoms. The first kappa shape index (κ1) is 18.4. The number of ether oxygens (including phenoxy) is 1. The van der Waals surface area contributed by atoms with E-state index >= 15 is 0 Å². The molecule has 0 bridgehead atoms. The normalized spacial score (nSPS) is 14.2. The number of amides is 1. The van der Waals surface area contributed by atoms with Crippen LogP contribution in [0.15, 0.2) is 29.2 Å². The van der Waals surface area contributed by atoms with E-state index in [4.69, 9.17) is 9.88 Å². The number of primary sulfonamides is 1. The number of hydrogen-bond donors (Lipinski definition) is 1. The molecule has 132 valence electrons. The number of sulfonamides is 1. The van der Waals surface area contributed by atoms with Crippen molar-refractivity contribution in [1.29, 1.82) is 0 Å². The molecule has 7 nitrogen and oxygen atoms in total. The fourth-order valence-corrected chi connectivity index (χ4v) is 2.84. The minimum Gasteiger partial charge on any atom is -0.466 e. The number of nitrogens with zero attached hydrogens (tertiary/aromatic N) is 1. The van der Waals surface area contributed by atoms with Gasteiger partial charge in [-0.05, 0) is 37.5 Å². The molecule has 2 N–H and O–H groups in total. The van der Waals surface area contributed by atoms with E-state index < -0.39 is 10.0 Å². The largest absolute Gasteiger partial charge is 0.466 e. The van der Waals surface area contributed by atoms with E-state index in [0.29, 0.717) is 13.2 Å². The Labute approximate surface area is 141 Å². The minimum atomic E-state index is -3.74. The van der Waals surface area contributed by atoms with E-state index in [9.17, 15) is 18.0 Å². The van der Waals surface area contributed by atoms with E-state index in [0.717, 1.165) is 18.4 Å². The van der Waals surface area contributed by atoms with Gasteiger partial charge in [0.05, 0.1) is 17.9 Å². The van der Waals surface area contributed by atoms with Gasteiger partial charge in [0.1, 0.15) is 0 Å². The second-order valence-electron chi connectivity index (χ2n) is 5.78. The zero-order chi connectivity index (χ0) is 17.7. The molecule has 1 aliphatic carbocycles. The molecule has 1 aliphatic rings. The van der Waals surface area contributed by atoms with E-state index in [1.54, 1.807) is 24.0 Å². The molecule has 1 aromatic carbocycles. The molecule has 2 rings (SSSR count). The van der Waals surface area contributed by atoms with Crippen LogP contribution in [0.5, 0.6) is 0 Å². The lowest BCUT2D eigenvalue weighted by molar-refractivity contribution is -0.144. The number of carbonyl (C=O) groups is 2. The van der Waals surface area contributed by atoms with Gasteiger partial charge in [0.25, 0.3) is 0 Å². The van der Waals surface area contributed by atoms with Gasteiger partial charge >= 0.3 is 5.97 Å². The SMILES string of the molecule is CCOC(=O)CCN(Cc1ccc(S(N)(=O)=O)cc1)C(=O)C1CC1. The van der Waals surface area contributed by atoms with Crippen LogP contribution in [0.1, 0.15) is 31.7 Å². The Kier molecular flexibility index (Phi) is 5.95. The zero-order valence-electron chi connectivity index (χ0n) is 13.6. The summed E-state index contributed by atoms with van der Waals surface area (Å²) in [5.41, 5.74) is 0.778. The van der Waals surface area contributed by atoms with Gasteiger partial charge in [0, 0.05) is 19.0 Å². The molecular weight excluding hydrogens is 332 g/mol. The van der Waals surface area contributed by atoms with Crippen molar-refractivity contribution in [2.24, 2.45) is 11.1 Å². The van der Waals surface area contributed by atoms with Gasteiger partial charge in [-0.1, -0.05) is 12.1 Å². The maximum absolute atomic E-state index is 12.4. The molecule has 1 amide bonds. The Bertz CT molecular complexity index is 696. The smallest absolute Gasteiger partial charge is 0.307 e. The van der Waals surface area contributed by atoms with Gasteiger partial charge in [-0.15, -0.1) is 0 Å². The molecule has 0 heterocycles. The van der Waals surface area contributed by atoms with Gasteiger partial charge in [0.15, 0.2) is 0 Å². The van der Waals surface area contributed by atoms with Crippen molar-refractivity contribution in [3.8, 4) is 0 Å². The first-order valence-corrected chi connectivity index (χ1v) is 9.42. The maximum atomic E-state index is 12.4. The molecule has 1 aromatic rings. The van der Waals surface area contributed by atoms with Crippen molar-refractivity contribution in [2.45, 2.75) is 37.6 Å². The fraction of sp³-hybridized carbons (Fsp3) is 0.500. The van der Waals surface area contributed by atoms with Crippen molar-refractivity contribution >= 4 is 21.9 Å². The number of benzene rings is 1. The molecule has 0 atom stereocenters. The average Bonchev–Trinajstić information content (AvgIpc) is 3.35. The topological polar surface area (TPSA) is 107 Å². The van der Waals surface area contributed by atoms with Crippen molar-refractivity contribution < 1.29 is 22.7 Å². The molecule has 0 saturated heterocycles. The molecule has 0 aliphatic heterocycles. The number of esters is 1. The average molecular weight is 354 g/mol. The summed E-state index contributed by atoms with van der Waals surface area (Å²) in [4.78, 5) is 25.5. The Hall–Kier alpha value is -1.93. The van der Waals surface area contributed by atoms with E-state index in [1.165, 1.54) is 12.1 Å². The number of hydrogen-bond acceptors (Lipinski definition) is 5. The summed E-state index contributed by atoms with van der Waals surface area (Å²) < 4.78 is 27.4. The summed E-state index contributed by atoms with van der Waals surface area (Å²) >= 11 is 0. The molecule has 0 unspecified atom stereocenters. The van der Waals surface area contributed by atoms with Crippen molar-refractivity contribution in [1.82, 2.24) is 4.90 Å². The predicted molar refractivity (Wildman–Crippen MR) is 87.2 cm³/mol. The van der Waals surface area contributed by atoms with Crippen LogP contribution in [0.4, 0.5) is 0 Å². The number of nitrogens with two attached hydrogens (primary N) is 1. The van der Waals surface area contributed by atoms with Gasteiger partial charge in [-0.25, -0.2) is 13.6 Å². The van der Waals surface area contributed by atoms with E-state index in [1.807, 2.05) is 0 Å². The highest BCUT2D eigenvalue weighted by Gasteiger charge is 2.33. The summed E-state index contributed by atoms with van der Waals surface area (Å²) in [6.07, 6.45) is 1.89. The first-order valence-electron chi connectivity index (χ1n) is 7.87. The molecule has 24 heavy (non-hydrogen) atoms. The van der Waals surface area contributed by atoms with Gasteiger partial charge in [0.2, 0.25) is 15.9 Å². The second kappa shape index (κ2) is 7.76. The minimum absolute atomic E-state index is 0.0230. The van der Waals surface area contributed by atoms with Crippen LogP contribution in [0.3, 0.4) is 0 Å². The van der Waals surface area contributed by atoms with E-state index in [2.05, 4.69) is 0 Å². The monoisotopic (exact) mass is 354 g/mol. The third-order valence-corrected chi connectivity index (χ3v) is 4.68. The first-order chi connectivity index (χ1) is 11.3. The van der Waals surface area contributed by atoms with Crippen LogP contribution < -0.4 is 5.14 Å². The van der Waals surface area contributed by atoms with Crippen LogP contribution in [0.2, 0.25) is 0 Å². The van der Waals surface area contributed by atoms with Crippen molar-refractivity contribution in [3.05, 3.63) is 29.8 Å². The van der Waals surface area contributed by atoms with Crippen molar-refractivity contribution in [2.75, 3.05) is 13.2 Å². The summed E-state index contributed by atoms with van der Waals surface area (Å²) in [6.45, 7) is 2.65. The lowest BCUT2D eigenvalue weighted by Crippen LogP contribution is -2.34. The molecule has 0 radical (unpaired) electrons. The Morgan fingerprint density at radius 2 is 1.88 bits per heavy atom. The third kappa shape index (κ3) is 5.31. The molecule has 0 aromatic heterocycles. The van der Waals surface area contributed by atoms with Crippen LogP contribution in [0, 0.1) is 5.92 Å². The highest BCUT2D eigenvalue weighted by atomic mass is 32.2. The molecule has 0 spiro atoms. The Morgan fingerprint density at radius 3 is 2.38 bits per heavy atom. The van der Waals surface area contributed by atoms with Gasteiger partial charge in [-0.2, -0.15) is 0 Å². The Balaban J connectivity index is 2.04. The number of rotatable bonds is 8. The van der Waals surface area contributed by atoms with Crippen LogP contribution in [-0.2, 0) is 30.9 Å². The summed E-state index contributed by atoms with van der Waals surface area (Å²) in [6, 6.07) is 6.07. The highest BCUT2D eigenvalue weighted by Crippen LogP contribution is 2.31. The molecular formula is C16H22N2O5S. The second-order valence-corrected chi connectivity index (χ2v) is 7.34. The van der Waals surface area contributed by atoms with E-state index in [-0.39, 0.29) is 35.7 Å². The number of carbonyl (C=O) groups excluding carboxylic acids is 2. The third-order valence-electron chi connectivity index (χ3n) is 3.75. The fourth-order valence-electron chi connectivity index (χ4n) is 2.32.